The highest BCUT2D eigenvalue weighted by Crippen LogP contribution is 1.94. The van der Waals surface area contributed by atoms with Gasteiger partial charge in [0, 0.05) is 53.9 Å². The maximum Gasteiger partial charge on any atom is 0.243 e. The molecule has 1 fully saturated rings. The number of methoxy groups -OCH3 is 1. The zero-order chi connectivity index (χ0) is 16.2. The van der Waals surface area contributed by atoms with Crippen molar-refractivity contribution in [2.24, 2.45) is 4.99 Å². The second kappa shape index (κ2) is 13.8. The van der Waals surface area contributed by atoms with Crippen LogP contribution in [0.5, 0.6) is 0 Å². The van der Waals surface area contributed by atoms with Gasteiger partial charge in [-0.05, 0) is 0 Å². The van der Waals surface area contributed by atoms with Crippen molar-refractivity contribution in [2.75, 3.05) is 80.3 Å². The SMILES string of the molecule is COCCNC(=NCC(=O)N(C)C)NCCN1CCOCC1.I. The molecule has 0 bridgehead atoms. The predicted molar refractivity (Wildman–Crippen MR) is 102 cm³/mol. The average molecular weight is 443 g/mol. The summed E-state index contributed by atoms with van der Waals surface area (Å²) in [6.07, 6.45) is 0. The minimum atomic E-state index is -0.0268. The maximum atomic E-state index is 11.6. The lowest BCUT2D eigenvalue weighted by molar-refractivity contribution is -0.127. The van der Waals surface area contributed by atoms with Crippen LogP contribution in [0.4, 0.5) is 0 Å². The van der Waals surface area contributed by atoms with Gasteiger partial charge in [0.05, 0.1) is 19.8 Å². The van der Waals surface area contributed by atoms with E-state index in [4.69, 9.17) is 9.47 Å². The van der Waals surface area contributed by atoms with Crippen molar-refractivity contribution < 1.29 is 14.3 Å². The van der Waals surface area contributed by atoms with Crippen molar-refractivity contribution in [1.29, 1.82) is 0 Å². The van der Waals surface area contributed by atoms with E-state index in [0.717, 1.165) is 39.4 Å². The van der Waals surface area contributed by atoms with Gasteiger partial charge in [0.1, 0.15) is 6.54 Å². The quantitative estimate of drug-likeness (QED) is 0.222. The van der Waals surface area contributed by atoms with Crippen LogP contribution < -0.4 is 10.6 Å². The molecule has 23 heavy (non-hydrogen) atoms. The molecule has 0 atom stereocenters. The van der Waals surface area contributed by atoms with Gasteiger partial charge in [-0.1, -0.05) is 0 Å². The molecule has 0 spiro atoms. The number of aliphatic imine (C=N–C) groups is 1. The molecule has 0 unspecified atom stereocenters. The molecule has 136 valence electrons. The number of carbonyl (C=O) groups is 1. The fourth-order valence-electron chi connectivity index (χ4n) is 1.89. The third kappa shape index (κ3) is 10.7. The van der Waals surface area contributed by atoms with Crippen LogP contribution >= 0.6 is 24.0 Å². The molecule has 1 amide bonds. The Morgan fingerprint density at radius 3 is 2.52 bits per heavy atom. The topological polar surface area (TPSA) is 78.4 Å². The highest BCUT2D eigenvalue weighted by atomic mass is 127. The first-order valence-electron chi connectivity index (χ1n) is 7.65. The van der Waals surface area contributed by atoms with Gasteiger partial charge in [0.15, 0.2) is 5.96 Å². The summed E-state index contributed by atoms with van der Waals surface area (Å²) in [5.41, 5.74) is 0. The molecule has 8 nitrogen and oxygen atoms in total. The number of hydrogen-bond donors (Lipinski definition) is 2. The molecule has 0 aromatic carbocycles. The number of carbonyl (C=O) groups excluding carboxylic acids is 1. The second-order valence-electron chi connectivity index (χ2n) is 5.25. The largest absolute Gasteiger partial charge is 0.383 e. The minimum absolute atomic E-state index is 0. The van der Waals surface area contributed by atoms with Crippen LogP contribution in [-0.2, 0) is 14.3 Å². The van der Waals surface area contributed by atoms with Crippen molar-refractivity contribution in [3.63, 3.8) is 0 Å². The molecule has 1 aliphatic heterocycles. The highest BCUT2D eigenvalue weighted by Gasteiger charge is 2.10. The van der Waals surface area contributed by atoms with Gasteiger partial charge in [0.2, 0.25) is 5.91 Å². The Hall–Kier alpha value is -0.650. The Kier molecular flexibility index (Phi) is 13.4. The van der Waals surface area contributed by atoms with Crippen molar-refractivity contribution in [3.8, 4) is 0 Å². The third-order valence-corrected chi connectivity index (χ3v) is 3.29. The fraction of sp³-hybridized carbons (Fsp3) is 0.857. The molecular weight excluding hydrogens is 413 g/mol. The van der Waals surface area contributed by atoms with Crippen molar-refractivity contribution in [3.05, 3.63) is 0 Å². The standard InChI is InChI=1S/C14H29N5O3.HI/c1-18(2)13(20)12-17-14(16-5-9-21-3)15-4-6-19-7-10-22-11-8-19;/h4-12H2,1-3H3,(H2,15,16,17);1H. The molecule has 1 rings (SSSR count). The van der Waals surface area contributed by atoms with Crippen LogP contribution in [0.3, 0.4) is 0 Å². The predicted octanol–water partition coefficient (Wildman–Crippen LogP) is -0.794. The summed E-state index contributed by atoms with van der Waals surface area (Å²) in [6, 6.07) is 0. The third-order valence-electron chi connectivity index (χ3n) is 3.29. The van der Waals surface area contributed by atoms with Crippen molar-refractivity contribution in [2.45, 2.75) is 0 Å². The number of hydrogen-bond acceptors (Lipinski definition) is 5. The van der Waals surface area contributed by atoms with E-state index in [-0.39, 0.29) is 36.4 Å². The first kappa shape index (κ1) is 22.4. The summed E-state index contributed by atoms with van der Waals surface area (Å²) < 4.78 is 10.3. The number of nitrogens with zero attached hydrogens (tertiary/aromatic N) is 3. The molecule has 1 aliphatic rings. The van der Waals surface area contributed by atoms with Crippen LogP contribution in [0.2, 0.25) is 0 Å². The number of rotatable bonds is 8. The minimum Gasteiger partial charge on any atom is -0.383 e. The Morgan fingerprint density at radius 2 is 1.91 bits per heavy atom. The zero-order valence-electron chi connectivity index (χ0n) is 14.3. The smallest absolute Gasteiger partial charge is 0.243 e. The second-order valence-corrected chi connectivity index (χ2v) is 5.25. The van der Waals surface area contributed by atoms with Gasteiger partial charge in [-0.25, -0.2) is 4.99 Å². The molecule has 0 aromatic rings. The van der Waals surface area contributed by atoms with E-state index >= 15 is 0 Å². The molecule has 9 heteroatoms. The van der Waals surface area contributed by atoms with E-state index in [2.05, 4.69) is 20.5 Å². The average Bonchev–Trinajstić information content (AvgIpc) is 2.52. The van der Waals surface area contributed by atoms with Crippen LogP contribution in [0.25, 0.3) is 0 Å². The number of nitrogens with one attached hydrogen (secondary N) is 2. The highest BCUT2D eigenvalue weighted by molar-refractivity contribution is 14.0. The van der Waals surface area contributed by atoms with Crippen LogP contribution in [0.15, 0.2) is 4.99 Å². The first-order chi connectivity index (χ1) is 10.6. The molecule has 0 aliphatic carbocycles. The van der Waals surface area contributed by atoms with E-state index < -0.39 is 0 Å². The van der Waals surface area contributed by atoms with Gasteiger partial charge in [0.25, 0.3) is 0 Å². The molecular formula is C14H30IN5O3. The Bertz CT molecular complexity index is 349. The van der Waals surface area contributed by atoms with E-state index in [1.165, 1.54) is 4.90 Å². The lowest BCUT2D eigenvalue weighted by atomic mass is 10.4. The number of halogens is 1. The van der Waals surface area contributed by atoms with Gasteiger partial charge in [-0.2, -0.15) is 0 Å². The first-order valence-corrected chi connectivity index (χ1v) is 7.65. The van der Waals surface area contributed by atoms with Gasteiger partial charge >= 0.3 is 0 Å². The zero-order valence-corrected chi connectivity index (χ0v) is 16.7. The number of ether oxygens (including phenoxy) is 2. The summed E-state index contributed by atoms with van der Waals surface area (Å²) in [5.74, 6) is 0.613. The summed E-state index contributed by atoms with van der Waals surface area (Å²) in [7, 11) is 5.10. The number of likely N-dealkylation sites (N-methyl/N-ethyl adjacent to an activating group) is 1. The van der Waals surface area contributed by atoms with Crippen LogP contribution in [0, 0.1) is 0 Å². The van der Waals surface area contributed by atoms with Crippen molar-refractivity contribution >= 4 is 35.8 Å². The van der Waals surface area contributed by atoms with Crippen molar-refractivity contribution in [1.82, 2.24) is 20.4 Å². The fourth-order valence-corrected chi connectivity index (χ4v) is 1.89. The van der Waals surface area contributed by atoms with Crippen LogP contribution in [0.1, 0.15) is 0 Å². The number of amides is 1. The Balaban J connectivity index is 0.00000484. The summed E-state index contributed by atoms with van der Waals surface area (Å²) >= 11 is 0. The molecule has 0 aromatic heterocycles. The molecule has 1 saturated heterocycles. The monoisotopic (exact) mass is 443 g/mol. The normalized spacial score (nSPS) is 15.7. The lowest BCUT2D eigenvalue weighted by Gasteiger charge is -2.26. The van der Waals surface area contributed by atoms with E-state index in [0.29, 0.717) is 19.1 Å². The molecule has 2 N–H and O–H groups in total. The summed E-state index contributed by atoms with van der Waals surface area (Å²) in [5, 5.41) is 6.40. The molecule has 0 saturated carbocycles. The Morgan fingerprint density at radius 1 is 1.26 bits per heavy atom. The van der Waals surface area contributed by atoms with Crippen LogP contribution in [-0.4, -0.2) is 102 Å². The molecule has 1 heterocycles. The Labute approximate surface area is 156 Å². The van der Waals surface area contributed by atoms with E-state index in [1.807, 2.05) is 0 Å². The van der Waals surface area contributed by atoms with E-state index in [1.54, 1.807) is 21.2 Å². The summed E-state index contributed by atoms with van der Waals surface area (Å²) in [4.78, 5) is 19.8. The molecule has 0 radical (unpaired) electrons. The number of morpholine rings is 1. The van der Waals surface area contributed by atoms with Gasteiger partial charge in [-0.3, -0.25) is 9.69 Å². The van der Waals surface area contributed by atoms with Gasteiger partial charge in [-0.15, -0.1) is 24.0 Å². The summed E-state index contributed by atoms with van der Waals surface area (Å²) in [6.45, 7) is 6.59. The lowest BCUT2D eigenvalue weighted by Crippen LogP contribution is -2.45. The van der Waals surface area contributed by atoms with Gasteiger partial charge < -0.3 is 25.0 Å². The maximum absolute atomic E-state index is 11.6. The number of guanidine groups is 1. The van der Waals surface area contributed by atoms with E-state index in [9.17, 15) is 4.79 Å².